The molecule has 0 aliphatic heterocycles. The molecule has 2 aliphatic rings. The Hall–Kier alpha value is -3.15. The van der Waals surface area contributed by atoms with Crippen LogP contribution in [0.15, 0.2) is 12.5 Å². The van der Waals surface area contributed by atoms with Crippen LogP contribution in [0.25, 0.3) is 0 Å². The maximum absolute atomic E-state index is 13.9. The van der Waals surface area contributed by atoms with Crippen LogP contribution in [0, 0.1) is 5.92 Å². The van der Waals surface area contributed by atoms with Gasteiger partial charge < -0.3 is 30.2 Å². The second kappa shape index (κ2) is 17.0. The highest BCUT2D eigenvalue weighted by atomic mass is 16.6. The van der Waals surface area contributed by atoms with Gasteiger partial charge in [-0.2, -0.15) is 0 Å². The monoisotopic (exact) mass is 633 g/mol. The lowest BCUT2D eigenvalue weighted by atomic mass is 9.83. The number of nitrogens with zero attached hydrogens (tertiary/aromatic N) is 2. The van der Waals surface area contributed by atoms with Crippen LogP contribution < -0.4 is 10.6 Å². The van der Waals surface area contributed by atoms with Gasteiger partial charge in [0, 0.05) is 24.4 Å². The van der Waals surface area contributed by atoms with Gasteiger partial charge in [0.05, 0.1) is 18.5 Å². The van der Waals surface area contributed by atoms with Gasteiger partial charge >= 0.3 is 12.1 Å². The summed E-state index contributed by atoms with van der Waals surface area (Å²) in [6, 6.07) is -3.04. The van der Waals surface area contributed by atoms with Gasteiger partial charge in [0.15, 0.2) is 6.10 Å². The Morgan fingerprint density at radius 2 is 1.60 bits per heavy atom. The van der Waals surface area contributed by atoms with E-state index in [1.807, 2.05) is 0 Å². The normalized spacial score (nSPS) is 19.2. The van der Waals surface area contributed by atoms with Crippen molar-refractivity contribution in [3.05, 3.63) is 18.2 Å². The van der Waals surface area contributed by atoms with Crippen LogP contribution in [-0.4, -0.2) is 85.8 Å². The van der Waals surface area contributed by atoms with E-state index in [2.05, 4.69) is 20.6 Å². The maximum atomic E-state index is 13.9. The van der Waals surface area contributed by atoms with Crippen molar-refractivity contribution >= 4 is 23.9 Å². The highest BCUT2D eigenvalue weighted by Crippen LogP contribution is 2.29. The highest BCUT2D eigenvalue weighted by molar-refractivity contribution is 5.91. The Morgan fingerprint density at radius 1 is 0.978 bits per heavy atom. The van der Waals surface area contributed by atoms with E-state index >= 15 is 0 Å². The number of esters is 1. The molecule has 0 aromatic carbocycles. The summed E-state index contributed by atoms with van der Waals surface area (Å²) in [5, 5.41) is 16.8. The number of carbonyl (C=O) groups is 4. The van der Waals surface area contributed by atoms with E-state index in [0.29, 0.717) is 12.1 Å². The van der Waals surface area contributed by atoms with Gasteiger partial charge in [-0.05, 0) is 66.7 Å². The molecule has 1 aromatic rings. The molecule has 2 aliphatic carbocycles. The zero-order chi connectivity index (χ0) is 33.1. The number of imidazole rings is 1. The topological polar surface area (TPSA) is 163 Å². The third-order valence-electron chi connectivity index (χ3n) is 8.60. The molecule has 3 amide bonds. The first-order valence-electron chi connectivity index (χ1n) is 16.7. The first kappa shape index (κ1) is 36.3. The molecule has 0 unspecified atom stereocenters. The second-order valence-electron chi connectivity index (χ2n) is 14.0. The van der Waals surface area contributed by atoms with Crippen molar-refractivity contribution in [1.82, 2.24) is 25.5 Å². The standard InChI is InChI=1S/C33H55N5O7/c1-21(2)44-31(42)28(39)26(17-23-13-9-7-10-14-23)36-30(41)27(18-24-19-34-20-35-24)37-29(40)22(3)38(25-15-11-8-12-16-25)32(43)45-33(4,5)6/h19-23,25-28,39H,7-18H2,1-6H3,(H,34,35)(H,36,41)(H,37,40)/t22-,26-,27-,28+/m0/s1. The van der Waals surface area contributed by atoms with Gasteiger partial charge in [0.1, 0.15) is 17.7 Å². The van der Waals surface area contributed by atoms with Crippen LogP contribution in [0.4, 0.5) is 4.79 Å². The molecule has 0 radical (unpaired) electrons. The number of rotatable bonds is 13. The average molecular weight is 634 g/mol. The lowest BCUT2D eigenvalue weighted by Gasteiger charge is -2.39. The predicted octanol–water partition coefficient (Wildman–Crippen LogP) is 4.16. The molecular formula is C33H55N5O7. The SMILES string of the molecule is CC(C)OC(=O)[C@H](O)[C@H](CC1CCCCC1)NC(=O)[C@H](Cc1cnc[nH]1)NC(=O)[C@H](C)N(C(=O)OC(C)(C)C)C1CCCCC1. The number of hydrogen-bond donors (Lipinski definition) is 4. The van der Waals surface area contributed by atoms with Gasteiger partial charge in [0.25, 0.3) is 0 Å². The molecule has 254 valence electrons. The van der Waals surface area contributed by atoms with Crippen molar-refractivity contribution in [1.29, 1.82) is 0 Å². The quantitative estimate of drug-likeness (QED) is 0.235. The number of aliphatic hydroxyl groups is 1. The molecule has 2 fully saturated rings. The summed E-state index contributed by atoms with van der Waals surface area (Å²) in [4.78, 5) is 62.4. The molecule has 45 heavy (non-hydrogen) atoms. The van der Waals surface area contributed by atoms with Crippen LogP contribution in [0.5, 0.6) is 0 Å². The van der Waals surface area contributed by atoms with E-state index in [4.69, 9.17) is 9.47 Å². The second-order valence-corrected chi connectivity index (χ2v) is 14.0. The van der Waals surface area contributed by atoms with Crippen molar-refractivity contribution in [2.75, 3.05) is 0 Å². The fourth-order valence-corrected chi connectivity index (χ4v) is 6.34. The zero-order valence-corrected chi connectivity index (χ0v) is 28.0. The summed E-state index contributed by atoms with van der Waals surface area (Å²) >= 11 is 0. The van der Waals surface area contributed by atoms with Gasteiger partial charge in [0.2, 0.25) is 11.8 Å². The smallest absolute Gasteiger partial charge is 0.411 e. The minimum absolute atomic E-state index is 0.0862. The molecule has 1 heterocycles. The molecule has 12 heteroatoms. The Bertz CT molecular complexity index is 1090. The van der Waals surface area contributed by atoms with Gasteiger partial charge in [-0.3, -0.25) is 14.5 Å². The summed E-state index contributed by atoms with van der Waals surface area (Å²) in [7, 11) is 0. The zero-order valence-electron chi connectivity index (χ0n) is 28.0. The van der Waals surface area contributed by atoms with Gasteiger partial charge in [-0.25, -0.2) is 14.6 Å². The first-order chi connectivity index (χ1) is 21.2. The number of H-pyrrole nitrogens is 1. The van der Waals surface area contributed by atoms with E-state index in [0.717, 1.165) is 64.2 Å². The average Bonchev–Trinajstić information content (AvgIpc) is 3.49. The third-order valence-corrected chi connectivity index (χ3v) is 8.60. The Morgan fingerprint density at radius 3 is 2.16 bits per heavy atom. The van der Waals surface area contributed by atoms with Crippen molar-refractivity contribution < 1.29 is 33.8 Å². The van der Waals surface area contributed by atoms with E-state index < -0.39 is 59.8 Å². The number of aromatic nitrogens is 2. The molecule has 12 nitrogen and oxygen atoms in total. The van der Waals surface area contributed by atoms with Crippen LogP contribution in [0.2, 0.25) is 0 Å². The summed E-state index contributed by atoms with van der Waals surface area (Å²) in [6.07, 6.45) is 10.7. The molecule has 4 atom stereocenters. The van der Waals surface area contributed by atoms with Crippen molar-refractivity contribution in [2.45, 2.75) is 161 Å². The van der Waals surface area contributed by atoms with Crippen LogP contribution in [-0.2, 0) is 30.3 Å². The van der Waals surface area contributed by atoms with Crippen LogP contribution in [0.3, 0.4) is 0 Å². The predicted molar refractivity (Wildman–Crippen MR) is 169 cm³/mol. The summed E-state index contributed by atoms with van der Waals surface area (Å²) in [6.45, 7) is 10.4. The van der Waals surface area contributed by atoms with Gasteiger partial charge in [-0.15, -0.1) is 0 Å². The Kier molecular flexibility index (Phi) is 13.7. The molecule has 0 spiro atoms. The fourth-order valence-electron chi connectivity index (χ4n) is 6.34. The summed E-state index contributed by atoms with van der Waals surface area (Å²) in [5.41, 5.74) is -0.128. The number of nitrogens with one attached hydrogen (secondary N) is 3. The number of carbonyl (C=O) groups excluding carboxylic acids is 4. The largest absolute Gasteiger partial charge is 0.461 e. The van der Waals surface area contributed by atoms with Crippen molar-refractivity contribution in [3.63, 3.8) is 0 Å². The molecule has 3 rings (SSSR count). The number of ether oxygens (including phenoxy) is 2. The lowest BCUT2D eigenvalue weighted by molar-refractivity contribution is -0.159. The Balaban J connectivity index is 1.83. The van der Waals surface area contributed by atoms with Crippen LogP contribution >= 0.6 is 0 Å². The molecule has 0 saturated heterocycles. The third kappa shape index (κ3) is 11.6. The lowest BCUT2D eigenvalue weighted by Crippen LogP contribution is -2.59. The van der Waals surface area contributed by atoms with Crippen molar-refractivity contribution in [3.8, 4) is 0 Å². The highest BCUT2D eigenvalue weighted by Gasteiger charge is 2.38. The molecule has 2 saturated carbocycles. The fraction of sp³-hybridized carbons (Fsp3) is 0.788. The van der Waals surface area contributed by atoms with Crippen LogP contribution in [0.1, 0.15) is 118 Å². The van der Waals surface area contributed by atoms with Crippen molar-refractivity contribution in [2.24, 2.45) is 5.92 Å². The van der Waals surface area contributed by atoms with E-state index in [1.54, 1.807) is 47.7 Å². The minimum atomic E-state index is -1.56. The Labute approximate surface area is 267 Å². The molecule has 1 aromatic heterocycles. The van der Waals surface area contributed by atoms with E-state index in [-0.39, 0.29) is 18.4 Å². The molecule has 4 N–H and O–H groups in total. The maximum Gasteiger partial charge on any atom is 0.411 e. The summed E-state index contributed by atoms with van der Waals surface area (Å²) in [5.74, 6) is -1.61. The molecule has 0 bridgehead atoms. The van der Waals surface area contributed by atoms with E-state index in [9.17, 15) is 24.3 Å². The minimum Gasteiger partial charge on any atom is -0.461 e. The summed E-state index contributed by atoms with van der Waals surface area (Å²) < 4.78 is 11.0. The molecular weight excluding hydrogens is 578 g/mol. The first-order valence-corrected chi connectivity index (χ1v) is 16.7. The number of aliphatic hydroxyl groups excluding tert-OH is 1. The van der Waals surface area contributed by atoms with E-state index in [1.165, 1.54) is 11.2 Å². The van der Waals surface area contributed by atoms with Gasteiger partial charge in [-0.1, -0.05) is 51.4 Å². The number of aromatic amines is 1. The number of hydrogen-bond acceptors (Lipinski definition) is 8. The number of amides is 3.